The van der Waals surface area contributed by atoms with Crippen LogP contribution in [0, 0.1) is 10.8 Å². The molecule has 0 fully saturated rings. The first-order valence-corrected chi connectivity index (χ1v) is 10.6. The molecule has 0 unspecified atom stereocenters. The molecule has 0 aromatic heterocycles. The van der Waals surface area contributed by atoms with Crippen LogP contribution >= 0.6 is 0 Å². The van der Waals surface area contributed by atoms with Gasteiger partial charge in [0.2, 0.25) is 9.84 Å². The molecule has 0 radical (unpaired) electrons. The SMILES string of the molecule is CC(C)(C)C(=O)C(C(=O)C(C)(C)C)S(=O)(=O)C(F)(F)C(F)(F)C(F)(F)S(=O)(=O)O. The van der Waals surface area contributed by atoms with E-state index < -0.39 is 64.0 Å². The summed E-state index contributed by atoms with van der Waals surface area (Å²) in [5.41, 5.74) is -3.76. The number of carbonyl (C=O) groups excluding carboxylic acids is 2. The Balaban J connectivity index is 7.08. The summed E-state index contributed by atoms with van der Waals surface area (Å²) in [5.74, 6) is -10.8. The van der Waals surface area contributed by atoms with Gasteiger partial charge in [0, 0.05) is 10.8 Å². The molecule has 0 spiro atoms. The second kappa shape index (κ2) is 7.18. The molecule has 29 heavy (non-hydrogen) atoms. The van der Waals surface area contributed by atoms with Gasteiger partial charge in [-0.05, 0) is 0 Å². The number of halogens is 6. The van der Waals surface area contributed by atoms with Crippen LogP contribution < -0.4 is 0 Å². The molecule has 172 valence electrons. The molecule has 0 heterocycles. The smallest absolute Gasteiger partial charge is 0.297 e. The van der Waals surface area contributed by atoms with Crippen molar-refractivity contribution >= 4 is 31.5 Å². The van der Waals surface area contributed by atoms with E-state index in [0.717, 1.165) is 41.5 Å². The predicted octanol–water partition coefficient (Wildman–Crippen LogP) is 2.71. The maximum absolute atomic E-state index is 14.3. The summed E-state index contributed by atoms with van der Waals surface area (Å²) in [6.45, 7) is 5.73. The van der Waals surface area contributed by atoms with Crippen molar-refractivity contribution in [2.45, 2.75) is 63.2 Å². The Kier molecular flexibility index (Phi) is 6.88. The lowest BCUT2D eigenvalue weighted by molar-refractivity contribution is -0.245. The molecule has 0 aliphatic heterocycles. The van der Waals surface area contributed by atoms with Crippen LogP contribution in [0.5, 0.6) is 0 Å². The van der Waals surface area contributed by atoms with Gasteiger partial charge in [-0.3, -0.25) is 14.1 Å². The van der Waals surface area contributed by atoms with Crippen molar-refractivity contribution in [2.75, 3.05) is 0 Å². The molecule has 0 aromatic carbocycles. The number of Topliss-reactive ketones (excluding diaryl/α,β-unsaturated/α-hetero) is 2. The van der Waals surface area contributed by atoms with Crippen molar-refractivity contribution < 1.29 is 57.3 Å². The van der Waals surface area contributed by atoms with Crippen molar-refractivity contribution in [3.05, 3.63) is 0 Å². The number of hydrogen-bond donors (Lipinski definition) is 1. The molecule has 7 nitrogen and oxygen atoms in total. The van der Waals surface area contributed by atoms with Crippen LogP contribution in [0.15, 0.2) is 0 Å². The summed E-state index contributed by atoms with van der Waals surface area (Å²) in [5, 5.41) is -17.4. The Bertz CT molecular complexity index is 868. The lowest BCUT2D eigenvalue weighted by atomic mass is 9.81. The van der Waals surface area contributed by atoms with Gasteiger partial charge in [-0.1, -0.05) is 41.5 Å². The van der Waals surface area contributed by atoms with Crippen LogP contribution in [-0.4, -0.2) is 54.6 Å². The van der Waals surface area contributed by atoms with E-state index in [-0.39, 0.29) is 0 Å². The molecule has 0 rings (SSSR count). The van der Waals surface area contributed by atoms with Gasteiger partial charge in [-0.25, -0.2) is 8.42 Å². The Labute approximate surface area is 163 Å². The predicted molar refractivity (Wildman–Crippen MR) is 88.0 cm³/mol. The topological polar surface area (TPSA) is 123 Å². The maximum Gasteiger partial charge on any atom is 0.439 e. The molecule has 0 aromatic rings. The molecule has 0 aliphatic carbocycles. The van der Waals surface area contributed by atoms with Gasteiger partial charge in [0.15, 0.2) is 16.8 Å². The first-order valence-electron chi connectivity index (χ1n) is 7.61. The van der Waals surface area contributed by atoms with Gasteiger partial charge < -0.3 is 0 Å². The number of carbonyl (C=O) groups is 2. The van der Waals surface area contributed by atoms with Gasteiger partial charge in [-0.15, -0.1) is 0 Å². The van der Waals surface area contributed by atoms with E-state index in [0.29, 0.717) is 0 Å². The van der Waals surface area contributed by atoms with Gasteiger partial charge in [0.05, 0.1) is 0 Å². The molecule has 0 amide bonds. The van der Waals surface area contributed by atoms with Gasteiger partial charge in [0.25, 0.3) is 0 Å². The minimum absolute atomic E-state index is 0.955. The van der Waals surface area contributed by atoms with E-state index in [1.54, 1.807) is 0 Å². The van der Waals surface area contributed by atoms with Gasteiger partial charge in [0.1, 0.15) is 0 Å². The quantitative estimate of drug-likeness (QED) is 0.339. The number of alkyl halides is 6. The molecule has 0 aliphatic rings. The second-order valence-corrected chi connectivity index (χ2v) is 11.8. The highest BCUT2D eigenvalue weighted by Gasteiger charge is 2.83. The maximum atomic E-state index is 14.3. The Morgan fingerprint density at radius 2 is 0.966 bits per heavy atom. The molecular formula is C14H20F6O7S2. The number of hydrogen-bond acceptors (Lipinski definition) is 6. The number of sulfone groups is 1. The normalized spacial score (nSPS) is 15.5. The van der Waals surface area contributed by atoms with Crippen molar-refractivity contribution in [2.24, 2.45) is 10.8 Å². The zero-order chi connectivity index (χ0) is 24.2. The van der Waals surface area contributed by atoms with E-state index in [2.05, 4.69) is 0 Å². The van der Waals surface area contributed by atoms with E-state index >= 15 is 0 Å². The summed E-state index contributed by atoms with van der Waals surface area (Å²) < 4.78 is 137. The van der Waals surface area contributed by atoms with E-state index in [9.17, 15) is 52.8 Å². The zero-order valence-electron chi connectivity index (χ0n) is 16.1. The molecule has 15 heteroatoms. The zero-order valence-corrected chi connectivity index (χ0v) is 17.7. The summed E-state index contributed by atoms with van der Waals surface area (Å²) >= 11 is 0. The molecule has 0 atom stereocenters. The van der Waals surface area contributed by atoms with Crippen LogP contribution in [0.4, 0.5) is 26.3 Å². The third-order valence-corrected chi connectivity index (χ3v) is 6.60. The summed E-state index contributed by atoms with van der Waals surface area (Å²) in [6, 6.07) is 0. The minimum atomic E-state index is -7.24. The third kappa shape index (κ3) is 4.45. The third-order valence-electron chi connectivity index (χ3n) is 3.68. The lowest BCUT2D eigenvalue weighted by Gasteiger charge is -2.34. The average molecular weight is 478 g/mol. The first kappa shape index (κ1) is 27.8. The number of rotatable bonds is 7. The van der Waals surface area contributed by atoms with Crippen molar-refractivity contribution in [1.82, 2.24) is 0 Å². The molecule has 0 saturated carbocycles. The molecule has 0 saturated heterocycles. The van der Waals surface area contributed by atoms with Crippen LogP contribution in [-0.2, 0) is 29.5 Å². The second-order valence-electron chi connectivity index (χ2n) is 8.24. The number of ketones is 2. The van der Waals surface area contributed by atoms with Crippen LogP contribution in [0.2, 0.25) is 0 Å². The fraction of sp³-hybridized carbons (Fsp3) is 0.857. The van der Waals surface area contributed by atoms with Crippen molar-refractivity contribution in [3.63, 3.8) is 0 Å². The Hall–Kier alpha value is -1.22. The summed E-state index contributed by atoms with van der Waals surface area (Å²) in [4.78, 5) is 24.8. The first-order chi connectivity index (χ1) is 12.2. The highest BCUT2D eigenvalue weighted by Crippen LogP contribution is 2.52. The molecule has 0 bridgehead atoms. The van der Waals surface area contributed by atoms with Crippen LogP contribution in [0.1, 0.15) is 41.5 Å². The van der Waals surface area contributed by atoms with Crippen molar-refractivity contribution in [3.8, 4) is 0 Å². The van der Waals surface area contributed by atoms with Gasteiger partial charge in [-0.2, -0.15) is 34.8 Å². The van der Waals surface area contributed by atoms with Crippen molar-refractivity contribution in [1.29, 1.82) is 0 Å². The Morgan fingerprint density at radius 1 is 0.690 bits per heavy atom. The molecular weight excluding hydrogens is 458 g/mol. The fourth-order valence-electron chi connectivity index (χ4n) is 1.85. The average Bonchev–Trinajstić information content (AvgIpc) is 2.43. The van der Waals surface area contributed by atoms with E-state index in [4.69, 9.17) is 4.55 Å². The largest absolute Gasteiger partial charge is 0.439 e. The monoisotopic (exact) mass is 478 g/mol. The highest BCUT2D eigenvalue weighted by molar-refractivity contribution is 7.94. The van der Waals surface area contributed by atoms with E-state index in [1.165, 1.54) is 0 Å². The minimum Gasteiger partial charge on any atom is -0.297 e. The fourth-order valence-corrected chi connectivity index (χ4v) is 4.41. The van der Waals surface area contributed by atoms with E-state index in [1.807, 2.05) is 0 Å². The summed E-state index contributed by atoms with van der Waals surface area (Å²) in [7, 11) is -14.3. The lowest BCUT2D eigenvalue weighted by Crippen LogP contribution is -2.64. The molecule has 1 N–H and O–H groups in total. The highest BCUT2D eigenvalue weighted by atomic mass is 32.2. The van der Waals surface area contributed by atoms with Crippen LogP contribution in [0.25, 0.3) is 0 Å². The van der Waals surface area contributed by atoms with Crippen LogP contribution in [0.3, 0.4) is 0 Å². The van der Waals surface area contributed by atoms with Gasteiger partial charge >= 0.3 is 26.5 Å². The summed E-state index contributed by atoms with van der Waals surface area (Å²) in [6.07, 6.45) is 0. The standard InChI is InChI=1S/C14H20F6O7S2/c1-10(2,3)8(21)7(9(22)11(4,5)6)28(23,24)13(17,18)12(15,16)14(19,20)29(25,26)27/h7H,1-6H3,(H,25,26,27). The Morgan fingerprint density at radius 3 is 1.17 bits per heavy atom.